The number of rotatable bonds is 2. The smallest absolute Gasteiger partial charge is 0.0680 e. The highest BCUT2D eigenvalue weighted by Crippen LogP contribution is 2.22. The van der Waals surface area contributed by atoms with Gasteiger partial charge in [0.25, 0.3) is 0 Å². The molecular formula is C12H23N3. The normalized spacial score (nSPS) is 13.3. The van der Waals surface area contributed by atoms with Gasteiger partial charge in [-0.25, -0.2) is 0 Å². The molecule has 0 fully saturated rings. The predicted octanol–water partition coefficient (Wildman–Crippen LogP) is 2.00. The molecule has 0 aliphatic heterocycles. The molecule has 0 aromatic carbocycles. The molecule has 1 rings (SSSR count). The van der Waals surface area contributed by atoms with Gasteiger partial charge in [0.05, 0.1) is 5.69 Å². The molecule has 1 aromatic rings. The minimum atomic E-state index is -0.178. The number of aryl methyl sites for hydroxylation is 1. The zero-order valence-electron chi connectivity index (χ0n) is 10.8. The third-order valence-corrected chi connectivity index (χ3v) is 2.38. The van der Waals surface area contributed by atoms with Gasteiger partial charge in [0.2, 0.25) is 0 Å². The first-order valence-electron chi connectivity index (χ1n) is 5.42. The maximum atomic E-state index is 6.01. The van der Waals surface area contributed by atoms with E-state index in [1.165, 1.54) is 5.69 Å². The Morgan fingerprint density at radius 1 is 1.27 bits per heavy atom. The van der Waals surface area contributed by atoms with E-state index in [1.807, 2.05) is 25.6 Å². The summed E-state index contributed by atoms with van der Waals surface area (Å²) in [5, 5.41) is 4.53. The van der Waals surface area contributed by atoms with Crippen LogP contribution in [0.25, 0.3) is 0 Å². The first-order chi connectivity index (χ1) is 6.59. The third-order valence-electron chi connectivity index (χ3n) is 2.38. The third kappa shape index (κ3) is 3.34. The standard InChI is InChI=1S/C12H23N3/c1-11(2,3)10-7-9(15(6)14-10)8-12(4,5)13/h7H,8,13H2,1-6H3. The molecule has 0 atom stereocenters. The number of aromatic nitrogens is 2. The van der Waals surface area contributed by atoms with Gasteiger partial charge >= 0.3 is 0 Å². The van der Waals surface area contributed by atoms with E-state index < -0.39 is 0 Å². The van der Waals surface area contributed by atoms with Crippen LogP contribution >= 0.6 is 0 Å². The second-order valence-corrected chi connectivity index (χ2v) is 6.06. The van der Waals surface area contributed by atoms with Gasteiger partial charge in [-0.2, -0.15) is 5.10 Å². The van der Waals surface area contributed by atoms with Crippen molar-refractivity contribution in [2.24, 2.45) is 12.8 Å². The fourth-order valence-electron chi connectivity index (χ4n) is 1.50. The Morgan fingerprint density at radius 2 is 1.80 bits per heavy atom. The second-order valence-electron chi connectivity index (χ2n) is 6.06. The summed E-state index contributed by atoms with van der Waals surface area (Å²) in [5.41, 5.74) is 8.27. The van der Waals surface area contributed by atoms with Crippen molar-refractivity contribution in [2.45, 2.75) is 52.0 Å². The van der Waals surface area contributed by atoms with Crippen molar-refractivity contribution in [3.05, 3.63) is 17.5 Å². The largest absolute Gasteiger partial charge is 0.325 e. The van der Waals surface area contributed by atoms with Gasteiger partial charge in [-0.15, -0.1) is 0 Å². The van der Waals surface area contributed by atoms with Crippen LogP contribution in [0, 0.1) is 0 Å². The Bertz CT molecular complexity index is 337. The van der Waals surface area contributed by atoms with E-state index in [0.717, 1.165) is 12.1 Å². The monoisotopic (exact) mass is 209 g/mol. The van der Waals surface area contributed by atoms with E-state index in [1.54, 1.807) is 0 Å². The summed E-state index contributed by atoms with van der Waals surface area (Å²) < 4.78 is 1.94. The van der Waals surface area contributed by atoms with Crippen LogP contribution in [0.4, 0.5) is 0 Å². The molecule has 86 valence electrons. The van der Waals surface area contributed by atoms with Crippen molar-refractivity contribution < 1.29 is 0 Å². The van der Waals surface area contributed by atoms with Crippen LogP contribution in [0.1, 0.15) is 46.0 Å². The van der Waals surface area contributed by atoms with Gasteiger partial charge in [-0.05, 0) is 19.9 Å². The first-order valence-corrected chi connectivity index (χ1v) is 5.42. The lowest BCUT2D eigenvalue weighted by Crippen LogP contribution is -2.35. The van der Waals surface area contributed by atoms with Crippen LogP contribution in [0.3, 0.4) is 0 Å². The summed E-state index contributed by atoms with van der Waals surface area (Å²) in [5.74, 6) is 0. The molecule has 0 saturated carbocycles. The molecule has 1 heterocycles. The van der Waals surface area contributed by atoms with Gasteiger partial charge in [0.1, 0.15) is 0 Å². The summed E-state index contributed by atoms with van der Waals surface area (Å²) in [7, 11) is 1.98. The molecular weight excluding hydrogens is 186 g/mol. The zero-order valence-corrected chi connectivity index (χ0v) is 10.8. The summed E-state index contributed by atoms with van der Waals surface area (Å²) in [6, 6.07) is 2.16. The Hall–Kier alpha value is -0.830. The van der Waals surface area contributed by atoms with Crippen molar-refractivity contribution in [1.29, 1.82) is 0 Å². The Kier molecular flexibility index (Phi) is 2.97. The van der Waals surface area contributed by atoms with Gasteiger partial charge in [-0.3, -0.25) is 4.68 Å². The van der Waals surface area contributed by atoms with Gasteiger partial charge in [0.15, 0.2) is 0 Å². The number of nitrogens with zero attached hydrogens (tertiary/aromatic N) is 2. The first kappa shape index (κ1) is 12.2. The molecule has 0 unspecified atom stereocenters. The molecule has 0 aliphatic rings. The van der Waals surface area contributed by atoms with Crippen LogP contribution in [-0.2, 0) is 18.9 Å². The second kappa shape index (κ2) is 3.63. The minimum absolute atomic E-state index is 0.106. The van der Waals surface area contributed by atoms with Crippen molar-refractivity contribution in [2.75, 3.05) is 0 Å². The molecule has 1 aromatic heterocycles. The van der Waals surface area contributed by atoms with Crippen molar-refractivity contribution in [1.82, 2.24) is 9.78 Å². The molecule has 0 aliphatic carbocycles. The zero-order chi connectivity index (χ0) is 11.9. The van der Waals surface area contributed by atoms with E-state index in [4.69, 9.17) is 5.73 Å². The summed E-state index contributed by atoms with van der Waals surface area (Å²) in [6.07, 6.45) is 0.854. The molecule has 0 spiro atoms. The summed E-state index contributed by atoms with van der Waals surface area (Å²) in [6.45, 7) is 10.6. The average Bonchev–Trinajstić information content (AvgIpc) is 2.27. The van der Waals surface area contributed by atoms with E-state index in [2.05, 4.69) is 31.9 Å². The average molecular weight is 209 g/mol. The van der Waals surface area contributed by atoms with Crippen LogP contribution < -0.4 is 5.73 Å². The van der Waals surface area contributed by atoms with Gasteiger partial charge < -0.3 is 5.73 Å². The molecule has 0 amide bonds. The molecule has 0 radical (unpaired) electrons. The molecule has 3 nitrogen and oxygen atoms in total. The van der Waals surface area contributed by atoms with Crippen molar-refractivity contribution in [3.8, 4) is 0 Å². The van der Waals surface area contributed by atoms with Crippen LogP contribution in [0.2, 0.25) is 0 Å². The van der Waals surface area contributed by atoms with Crippen LogP contribution in [0.5, 0.6) is 0 Å². The molecule has 0 saturated heterocycles. The highest BCUT2D eigenvalue weighted by atomic mass is 15.3. The van der Waals surface area contributed by atoms with E-state index in [0.29, 0.717) is 0 Å². The maximum Gasteiger partial charge on any atom is 0.0680 e. The van der Waals surface area contributed by atoms with Crippen LogP contribution in [-0.4, -0.2) is 15.3 Å². The van der Waals surface area contributed by atoms with Gasteiger partial charge in [-0.1, -0.05) is 20.8 Å². The number of hydrogen-bond acceptors (Lipinski definition) is 2. The topological polar surface area (TPSA) is 43.8 Å². The maximum absolute atomic E-state index is 6.01. The fraction of sp³-hybridized carbons (Fsp3) is 0.750. The molecule has 2 N–H and O–H groups in total. The molecule has 3 heteroatoms. The van der Waals surface area contributed by atoms with E-state index in [9.17, 15) is 0 Å². The minimum Gasteiger partial charge on any atom is -0.325 e. The highest BCUT2D eigenvalue weighted by Gasteiger charge is 2.21. The predicted molar refractivity (Wildman–Crippen MR) is 63.9 cm³/mol. The van der Waals surface area contributed by atoms with E-state index in [-0.39, 0.29) is 11.0 Å². The number of nitrogens with two attached hydrogens (primary N) is 1. The quantitative estimate of drug-likeness (QED) is 0.809. The lowest BCUT2D eigenvalue weighted by atomic mass is 9.91. The van der Waals surface area contributed by atoms with Crippen molar-refractivity contribution in [3.63, 3.8) is 0 Å². The van der Waals surface area contributed by atoms with Gasteiger partial charge in [0, 0.05) is 30.1 Å². The molecule has 15 heavy (non-hydrogen) atoms. The highest BCUT2D eigenvalue weighted by molar-refractivity contribution is 5.18. The SMILES string of the molecule is Cn1nc(C(C)(C)C)cc1CC(C)(C)N. The molecule has 0 bridgehead atoms. The summed E-state index contributed by atoms with van der Waals surface area (Å²) in [4.78, 5) is 0. The lowest BCUT2D eigenvalue weighted by Gasteiger charge is -2.17. The Balaban J connectivity index is 2.97. The Morgan fingerprint density at radius 3 is 2.13 bits per heavy atom. The van der Waals surface area contributed by atoms with E-state index >= 15 is 0 Å². The summed E-state index contributed by atoms with van der Waals surface area (Å²) >= 11 is 0. The van der Waals surface area contributed by atoms with Crippen LogP contribution in [0.15, 0.2) is 6.07 Å². The number of hydrogen-bond donors (Lipinski definition) is 1. The van der Waals surface area contributed by atoms with Crippen molar-refractivity contribution >= 4 is 0 Å². The Labute approximate surface area is 92.7 Å². The fourth-order valence-corrected chi connectivity index (χ4v) is 1.50. The lowest BCUT2D eigenvalue weighted by molar-refractivity contribution is 0.493.